The second-order valence-electron chi connectivity index (χ2n) is 5.17. The summed E-state index contributed by atoms with van der Waals surface area (Å²) in [7, 11) is 0. The minimum Gasteiger partial charge on any atom is -0.342 e. The second kappa shape index (κ2) is 6.97. The van der Waals surface area contributed by atoms with Gasteiger partial charge in [-0.2, -0.15) is 0 Å². The maximum Gasteiger partial charge on any atom is 0.255 e. The van der Waals surface area contributed by atoms with Gasteiger partial charge < -0.3 is 10.3 Å². The molecule has 3 rings (SSSR count). The van der Waals surface area contributed by atoms with Crippen LogP contribution in [0.1, 0.15) is 16.2 Å². The zero-order valence-corrected chi connectivity index (χ0v) is 15.6. The summed E-state index contributed by atoms with van der Waals surface area (Å²) < 4.78 is 0.571. The second-order valence-corrected chi connectivity index (χ2v) is 6.78. The lowest BCUT2D eigenvalue weighted by molar-refractivity contribution is 0.102. The van der Waals surface area contributed by atoms with Crippen LogP contribution in [0.3, 0.4) is 0 Å². The van der Waals surface area contributed by atoms with Gasteiger partial charge in [-0.05, 0) is 52.7 Å². The minimum absolute atomic E-state index is 0.281. The molecule has 0 bridgehead atoms. The number of carbonyl (C=O) groups is 1. The van der Waals surface area contributed by atoms with Crippen molar-refractivity contribution < 1.29 is 4.79 Å². The molecular weight excluding hydrogens is 413 g/mol. The van der Waals surface area contributed by atoms with E-state index in [9.17, 15) is 4.79 Å². The molecule has 0 aliphatic carbocycles. The number of amides is 1. The first-order valence-electron chi connectivity index (χ1n) is 7.02. The van der Waals surface area contributed by atoms with Crippen LogP contribution < -0.4 is 5.32 Å². The molecule has 0 saturated heterocycles. The first-order valence-corrected chi connectivity index (χ1v) is 8.57. The van der Waals surface area contributed by atoms with E-state index in [0.29, 0.717) is 25.8 Å². The Bertz CT molecular complexity index is 883. The average Bonchev–Trinajstić information content (AvgIpc) is 2.99. The number of nitrogens with zero attached hydrogens (tertiary/aromatic N) is 1. The van der Waals surface area contributed by atoms with E-state index in [-0.39, 0.29) is 5.91 Å². The summed E-state index contributed by atoms with van der Waals surface area (Å²) >= 11 is 15.3. The van der Waals surface area contributed by atoms with Crippen molar-refractivity contribution in [3.63, 3.8) is 0 Å². The van der Waals surface area contributed by atoms with E-state index >= 15 is 0 Å². The topological polar surface area (TPSA) is 57.8 Å². The summed E-state index contributed by atoms with van der Waals surface area (Å²) in [5.74, 6) is 0.572. The molecular formula is C17H12BrCl2N3O. The van der Waals surface area contributed by atoms with Gasteiger partial charge in [-0.1, -0.05) is 35.3 Å². The Morgan fingerprint density at radius 3 is 2.33 bits per heavy atom. The highest BCUT2D eigenvalue weighted by atomic mass is 79.9. The zero-order valence-electron chi connectivity index (χ0n) is 12.5. The first kappa shape index (κ1) is 17.0. The molecule has 1 heterocycles. The van der Waals surface area contributed by atoms with Crippen LogP contribution >= 0.6 is 39.1 Å². The Kier molecular flexibility index (Phi) is 4.94. The highest BCUT2D eigenvalue weighted by Crippen LogP contribution is 2.32. The van der Waals surface area contributed by atoms with Crippen LogP contribution in [-0.2, 0) is 0 Å². The van der Waals surface area contributed by atoms with Crippen molar-refractivity contribution in [2.45, 2.75) is 6.92 Å². The number of imidazole rings is 1. The molecule has 24 heavy (non-hydrogen) atoms. The normalized spacial score (nSPS) is 10.7. The van der Waals surface area contributed by atoms with Crippen LogP contribution in [0, 0.1) is 6.92 Å². The molecule has 0 fully saturated rings. The molecule has 0 unspecified atom stereocenters. The number of benzene rings is 2. The number of aryl methyl sites for hydroxylation is 1. The lowest BCUT2D eigenvalue weighted by atomic mass is 10.1. The lowest BCUT2D eigenvalue weighted by Gasteiger charge is -2.08. The van der Waals surface area contributed by atoms with Crippen LogP contribution in [0.25, 0.3) is 11.3 Å². The van der Waals surface area contributed by atoms with Crippen LogP contribution in [0.5, 0.6) is 0 Å². The number of hydrogen-bond acceptors (Lipinski definition) is 2. The van der Waals surface area contributed by atoms with Gasteiger partial charge in [0.05, 0.1) is 26.4 Å². The van der Waals surface area contributed by atoms with E-state index in [4.69, 9.17) is 23.2 Å². The maximum absolute atomic E-state index is 12.3. The van der Waals surface area contributed by atoms with E-state index in [1.54, 1.807) is 18.3 Å². The van der Waals surface area contributed by atoms with E-state index in [0.717, 1.165) is 17.1 Å². The highest BCUT2D eigenvalue weighted by molar-refractivity contribution is 9.10. The number of anilines is 1. The fourth-order valence-electron chi connectivity index (χ4n) is 2.19. The third-order valence-corrected chi connectivity index (χ3v) is 5.31. The van der Waals surface area contributed by atoms with Crippen molar-refractivity contribution in [3.05, 3.63) is 68.5 Å². The summed E-state index contributed by atoms with van der Waals surface area (Å²) in [5.41, 5.74) is 2.98. The van der Waals surface area contributed by atoms with Gasteiger partial charge in [0.15, 0.2) is 0 Å². The van der Waals surface area contributed by atoms with Crippen LogP contribution in [0.2, 0.25) is 10.0 Å². The molecule has 0 spiro atoms. The Hall–Kier alpha value is -1.82. The Morgan fingerprint density at radius 1 is 1.17 bits per heavy atom. The largest absolute Gasteiger partial charge is 0.342 e. The van der Waals surface area contributed by atoms with Crippen molar-refractivity contribution in [1.29, 1.82) is 0 Å². The predicted molar refractivity (Wildman–Crippen MR) is 101 cm³/mol. The molecule has 0 atom stereocenters. The van der Waals surface area contributed by atoms with Gasteiger partial charge in [0.25, 0.3) is 5.91 Å². The molecule has 2 N–H and O–H groups in total. The number of halogens is 3. The van der Waals surface area contributed by atoms with Crippen LogP contribution in [-0.4, -0.2) is 15.9 Å². The minimum atomic E-state index is -0.281. The zero-order chi connectivity index (χ0) is 17.3. The maximum atomic E-state index is 12.3. The predicted octanol–water partition coefficient (Wildman–Crippen LogP) is 5.71. The van der Waals surface area contributed by atoms with Crippen molar-refractivity contribution >= 4 is 50.7 Å². The summed E-state index contributed by atoms with van der Waals surface area (Å²) in [4.78, 5) is 19.7. The number of nitrogens with one attached hydrogen (secondary N) is 2. The van der Waals surface area contributed by atoms with E-state index < -0.39 is 0 Å². The molecule has 0 radical (unpaired) electrons. The average molecular weight is 425 g/mol. The van der Waals surface area contributed by atoms with Gasteiger partial charge in [0, 0.05) is 11.3 Å². The fraction of sp³-hybridized carbons (Fsp3) is 0.0588. The van der Waals surface area contributed by atoms with Gasteiger partial charge >= 0.3 is 0 Å². The van der Waals surface area contributed by atoms with Crippen molar-refractivity contribution in [3.8, 4) is 11.3 Å². The van der Waals surface area contributed by atoms with Gasteiger partial charge in [0.1, 0.15) is 5.82 Å². The van der Waals surface area contributed by atoms with Crippen molar-refractivity contribution in [2.24, 2.45) is 0 Å². The van der Waals surface area contributed by atoms with Gasteiger partial charge in [-0.3, -0.25) is 4.79 Å². The third kappa shape index (κ3) is 3.64. The van der Waals surface area contributed by atoms with Crippen LogP contribution in [0.4, 0.5) is 5.69 Å². The van der Waals surface area contributed by atoms with Crippen molar-refractivity contribution in [1.82, 2.24) is 9.97 Å². The number of aromatic nitrogens is 2. The van der Waals surface area contributed by atoms with Crippen LogP contribution in [0.15, 0.2) is 47.1 Å². The third-order valence-electron chi connectivity index (χ3n) is 3.40. The van der Waals surface area contributed by atoms with Crippen molar-refractivity contribution in [2.75, 3.05) is 5.32 Å². The Morgan fingerprint density at radius 2 is 1.79 bits per heavy atom. The highest BCUT2D eigenvalue weighted by Gasteiger charge is 2.12. The monoisotopic (exact) mass is 423 g/mol. The summed E-state index contributed by atoms with van der Waals surface area (Å²) in [5, 5.41) is 3.59. The van der Waals surface area contributed by atoms with E-state index in [1.165, 1.54) is 0 Å². The molecule has 2 aromatic carbocycles. The first-order chi connectivity index (χ1) is 11.4. The number of hydrogen-bond donors (Lipinski definition) is 2. The lowest BCUT2D eigenvalue weighted by Crippen LogP contribution is -2.11. The summed E-state index contributed by atoms with van der Waals surface area (Å²) in [6, 6.07) is 10.6. The molecule has 7 heteroatoms. The Labute approximate surface area is 157 Å². The number of carbonyl (C=O) groups excluding carboxylic acids is 1. The van der Waals surface area contributed by atoms with E-state index in [1.807, 2.05) is 31.2 Å². The molecule has 3 aromatic rings. The van der Waals surface area contributed by atoms with Gasteiger partial charge in [-0.15, -0.1) is 0 Å². The standard InChI is InChI=1S/C17H12BrCl2N3O/c1-9-21-8-15(22-9)10-2-4-12(5-3-10)23-17(24)11-6-13(19)16(18)14(20)7-11/h2-8H,1H3,(H,21,22)(H,23,24). The molecule has 1 amide bonds. The number of aromatic amines is 1. The van der Waals surface area contributed by atoms with E-state index in [2.05, 4.69) is 31.2 Å². The molecule has 0 aliphatic heterocycles. The Balaban J connectivity index is 1.77. The molecule has 4 nitrogen and oxygen atoms in total. The molecule has 122 valence electrons. The number of H-pyrrole nitrogens is 1. The van der Waals surface area contributed by atoms with Gasteiger partial charge in [0.2, 0.25) is 0 Å². The molecule has 1 aromatic heterocycles. The summed E-state index contributed by atoms with van der Waals surface area (Å²) in [6.45, 7) is 1.90. The molecule has 0 aliphatic rings. The van der Waals surface area contributed by atoms with Gasteiger partial charge in [-0.25, -0.2) is 4.98 Å². The fourth-order valence-corrected chi connectivity index (χ4v) is 2.91. The number of rotatable bonds is 3. The molecule has 0 saturated carbocycles. The summed E-state index contributed by atoms with van der Waals surface area (Å²) in [6.07, 6.45) is 1.77. The quantitative estimate of drug-likeness (QED) is 0.529. The SMILES string of the molecule is Cc1ncc(-c2ccc(NC(=O)c3cc(Cl)c(Br)c(Cl)c3)cc2)[nH]1. The smallest absolute Gasteiger partial charge is 0.255 e.